The van der Waals surface area contributed by atoms with Crippen molar-refractivity contribution >= 4 is 11.7 Å². The van der Waals surface area contributed by atoms with Crippen molar-refractivity contribution in [3.8, 4) is 11.5 Å². The summed E-state index contributed by atoms with van der Waals surface area (Å²) in [5.41, 5.74) is 0.622. The fraction of sp³-hybridized carbons (Fsp3) is 0.533. The van der Waals surface area contributed by atoms with E-state index in [-0.39, 0.29) is 12.6 Å². The van der Waals surface area contributed by atoms with E-state index in [0.29, 0.717) is 30.3 Å². The number of methoxy groups -OCH3 is 2. The average Bonchev–Trinajstić information content (AvgIpc) is 2.51. The fourth-order valence-electron chi connectivity index (χ4n) is 1.90. The number of benzene rings is 1. The summed E-state index contributed by atoms with van der Waals surface area (Å²) >= 11 is 0. The molecule has 2 amide bonds. The molecule has 0 aliphatic carbocycles. The van der Waals surface area contributed by atoms with Gasteiger partial charge in [-0.1, -0.05) is 13.3 Å². The average molecular weight is 296 g/mol. The molecule has 118 valence electrons. The minimum Gasteiger partial charge on any atom is -0.493 e. The summed E-state index contributed by atoms with van der Waals surface area (Å²) in [7, 11) is 3.10. The smallest absolute Gasteiger partial charge is 0.321 e. The monoisotopic (exact) mass is 296 g/mol. The standard InChI is InChI=1S/C15H24N2O4/c1-4-5-8-17(9-10-18)15(19)16-12-6-7-13(20-2)14(11-12)21-3/h6-7,11,18H,4-5,8-10H2,1-3H3,(H,16,19). The normalized spacial score (nSPS) is 10.1. The highest BCUT2D eigenvalue weighted by Gasteiger charge is 2.13. The summed E-state index contributed by atoms with van der Waals surface area (Å²) < 4.78 is 10.4. The Labute approximate surface area is 125 Å². The molecule has 0 aliphatic rings. The maximum absolute atomic E-state index is 12.2. The lowest BCUT2D eigenvalue weighted by atomic mass is 10.2. The summed E-state index contributed by atoms with van der Waals surface area (Å²) in [6.45, 7) is 2.95. The third-order valence-electron chi connectivity index (χ3n) is 3.07. The van der Waals surface area contributed by atoms with Crippen LogP contribution in [0.1, 0.15) is 19.8 Å². The molecule has 2 N–H and O–H groups in total. The SMILES string of the molecule is CCCCN(CCO)C(=O)Nc1ccc(OC)c(OC)c1. The van der Waals surface area contributed by atoms with Gasteiger partial charge in [0.15, 0.2) is 11.5 Å². The second-order valence-electron chi connectivity index (χ2n) is 4.56. The van der Waals surface area contributed by atoms with Gasteiger partial charge in [-0.15, -0.1) is 0 Å². The van der Waals surface area contributed by atoms with Gasteiger partial charge >= 0.3 is 6.03 Å². The highest BCUT2D eigenvalue weighted by atomic mass is 16.5. The molecule has 0 aliphatic heterocycles. The molecule has 0 unspecified atom stereocenters. The molecule has 0 heterocycles. The van der Waals surface area contributed by atoms with Crippen molar-refractivity contribution in [1.29, 1.82) is 0 Å². The molecule has 0 spiro atoms. The van der Waals surface area contributed by atoms with Crippen LogP contribution >= 0.6 is 0 Å². The number of carbonyl (C=O) groups is 1. The van der Waals surface area contributed by atoms with Crippen LogP contribution in [0.15, 0.2) is 18.2 Å². The van der Waals surface area contributed by atoms with E-state index in [1.54, 1.807) is 37.3 Å². The van der Waals surface area contributed by atoms with Crippen LogP contribution in [0, 0.1) is 0 Å². The van der Waals surface area contributed by atoms with E-state index in [2.05, 4.69) is 12.2 Å². The predicted molar refractivity (Wildman–Crippen MR) is 82.1 cm³/mol. The first-order valence-corrected chi connectivity index (χ1v) is 7.05. The van der Waals surface area contributed by atoms with Crippen LogP contribution in [0.2, 0.25) is 0 Å². The summed E-state index contributed by atoms with van der Waals surface area (Å²) in [5.74, 6) is 1.16. The molecule has 0 fully saturated rings. The molecular weight excluding hydrogens is 272 g/mol. The van der Waals surface area contributed by atoms with E-state index < -0.39 is 0 Å². The van der Waals surface area contributed by atoms with Crippen molar-refractivity contribution in [3.63, 3.8) is 0 Å². The van der Waals surface area contributed by atoms with E-state index in [9.17, 15) is 4.79 Å². The molecule has 0 bridgehead atoms. The first kappa shape index (κ1) is 17.1. The van der Waals surface area contributed by atoms with Gasteiger partial charge in [0.05, 0.1) is 20.8 Å². The number of unbranched alkanes of at least 4 members (excludes halogenated alkanes) is 1. The van der Waals surface area contributed by atoms with Gasteiger partial charge in [-0.25, -0.2) is 4.79 Å². The van der Waals surface area contributed by atoms with Gasteiger partial charge in [0.2, 0.25) is 0 Å². The number of aliphatic hydroxyl groups is 1. The van der Waals surface area contributed by atoms with Crippen molar-refractivity contribution in [1.82, 2.24) is 4.90 Å². The Morgan fingerprint density at radius 3 is 2.52 bits per heavy atom. The molecule has 1 rings (SSSR count). The zero-order chi connectivity index (χ0) is 15.7. The zero-order valence-corrected chi connectivity index (χ0v) is 12.9. The van der Waals surface area contributed by atoms with E-state index in [1.165, 1.54) is 0 Å². The van der Waals surface area contributed by atoms with E-state index in [1.807, 2.05) is 0 Å². The molecule has 1 aromatic rings. The number of anilines is 1. The lowest BCUT2D eigenvalue weighted by molar-refractivity contribution is 0.187. The number of carbonyl (C=O) groups excluding carboxylic acids is 1. The van der Waals surface area contributed by atoms with Gasteiger partial charge in [-0.2, -0.15) is 0 Å². The Morgan fingerprint density at radius 1 is 1.24 bits per heavy atom. The first-order valence-electron chi connectivity index (χ1n) is 7.05. The van der Waals surface area contributed by atoms with E-state index in [4.69, 9.17) is 14.6 Å². The summed E-state index contributed by atoms with van der Waals surface area (Å²) in [5, 5.41) is 11.8. The van der Waals surface area contributed by atoms with Crippen LogP contribution in [-0.4, -0.2) is 50.0 Å². The maximum Gasteiger partial charge on any atom is 0.321 e. The van der Waals surface area contributed by atoms with Crippen LogP contribution in [-0.2, 0) is 0 Å². The largest absolute Gasteiger partial charge is 0.493 e. The van der Waals surface area contributed by atoms with Gasteiger partial charge in [0.25, 0.3) is 0 Å². The van der Waals surface area contributed by atoms with Crippen molar-refractivity contribution in [2.75, 3.05) is 39.2 Å². The van der Waals surface area contributed by atoms with E-state index >= 15 is 0 Å². The van der Waals surface area contributed by atoms with Crippen LogP contribution in [0.25, 0.3) is 0 Å². The van der Waals surface area contributed by atoms with Crippen molar-refractivity contribution < 1.29 is 19.4 Å². The third-order valence-corrected chi connectivity index (χ3v) is 3.07. The van der Waals surface area contributed by atoms with Gasteiger partial charge in [-0.3, -0.25) is 0 Å². The van der Waals surface area contributed by atoms with Gasteiger partial charge in [-0.05, 0) is 18.6 Å². The maximum atomic E-state index is 12.2. The lowest BCUT2D eigenvalue weighted by Gasteiger charge is -2.22. The minimum absolute atomic E-state index is 0.0525. The number of hydrogen-bond donors (Lipinski definition) is 2. The van der Waals surface area contributed by atoms with Gasteiger partial charge < -0.3 is 24.8 Å². The minimum atomic E-state index is -0.232. The Morgan fingerprint density at radius 2 is 1.95 bits per heavy atom. The molecule has 0 saturated heterocycles. The quantitative estimate of drug-likeness (QED) is 0.772. The number of hydrogen-bond acceptors (Lipinski definition) is 4. The highest BCUT2D eigenvalue weighted by molar-refractivity contribution is 5.89. The van der Waals surface area contributed by atoms with Crippen LogP contribution in [0.3, 0.4) is 0 Å². The number of nitrogens with one attached hydrogen (secondary N) is 1. The molecular formula is C15H24N2O4. The Balaban J connectivity index is 2.75. The van der Waals surface area contributed by atoms with Gasteiger partial charge in [0.1, 0.15) is 0 Å². The molecule has 6 heteroatoms. The lowest BCUT2D eigenvalue weighted by Crippen LogP contribution is -2.37. The Hall–Kier alpha value is -1.95. The van der Waals surface area contributed by atoms with Crippen LogP contribution in [0.5, 0.6) is 11.5 Å². The number of urea groups is 1. The summed E-state index contributed by atoms with van der Waals surface area (Å²) in [6, 6.07) is 4.95. The number of amides is 2. The number of aliphatic hydroxyl groups excluding tert-OH is 1. The highest BCUT2D eigenvalue weighted by Crippen LogP contribution is 2.29. The Bertz CT molecular complexity index is 451. The topological polar surface area (TPSA) is 71.0 Å². The molecule has 21 heavy (non-hydrogen) atoms. The molecule has 0 saturated carbocycles. The number of ether oxygens (including phenoxy) is 2. The molecule has 6 nitrogen and oxygen atoms in total. The molecule has 0 atom stereocenters. The van der Waals surface area contributed by atoms with Crippen molar-refractivity contribution in [3.05, 3.63) is 18.2 Å². The second kappa shape index (κ2) is 9.07. The summed E-state index contributed by atoms with van der Waals surface area (Å²) in [4.78, 5) is 13.8. The van der Waals surface area contributed by atoms with Gasteiger partial charge in [0, 0.05) is 24.8 Å². The summed E-state index contributed by atoms with van der Waals surface area (Å²) in [6.07, 6.45) is 1.89. The van der Waals surface area contributed by atoms with Crippen molar-refractivity contribution in [2.24, 2.45) is 0 Å². The Kier molecular flexibility index (Phi) is 7.39. The second-order valence-corrected chi connectivity index (χ2v) is 4.56. The van der Waals surface area contributed by atoms with E-state index in [0.717, 1.165) is 12.8 Å². The van der Waals surface area contributed by atoms with Crippen molar-refractivity contribution in [2.45, 2.75) is 19.8 Å². The van der Waals surface area contributed by atoms with Crippen LogP contribution in [0.4, 0.5) is 10.5 Å². The molecule has 0 radical (unpaired) electrons. The third kappa shape index (κ3) is 5.15. The fourth-order valence-corrected chi connectivity index (χ4v) is 1.90. The first-order chi connectivity index (χ1) is 10.2. The zero-order valence-electron chi connectivity index (χ0n) is 12.9. The molecule has 1 aromatic carbocycles. The number of rotatable bonds is 8. The molecule has 0 aromatic heterocycles. The van der Waals surface area contributed by atoms with Crippen LogP contribution < -0.4 is 14.8 Å². The predicted octanol–water partition coefficient (Wildman–Crippen LogP) is 2.33. The number of nitrogens with zero attached hydrogens (tertiary/aromatic N) is 1.